The third-order valence-corrected chi connectivity index (χ3v) is 5.16. The predicted octanol–water partition coefficient (Wildman–Crippen LogP) is 3.82. The molecule has 7 heteroatoms. The summed E-state index contributed by atoms with van der Waals surface area (Å²) in [6, 6.07) is 13.3. The van der Waals surface area contributed by atoms with Crippen LogP contribution in [0.2, 0.25) is 0 Å². The van der Waals surface area contributed by atoms with Crippen molar-refractivity contribution in [2.75, 3.05) is 21.0 Å². The number of carbonyl (C=O) groups excluding carboxylic acids is 1. The third kappa shape index (κ3) is 3.59. The van der Waals surface area contributed by atoms with E-state index in [2.05, 4.69) is 4.98 Å². The van der Waals surface area contributed by atoms with E-state index in [0.717, 1.165) is 27.6 Å². The zero-order valence-corrected chi connectivity index (χ0v) is 15.8. The van der Waals surface area contributed by atoms with Gasteiger partial charge in [-0.15, -0.1) is 11.3 Å². The maximum Gasteiger partial charge on any atom is 0.273 e. The van der Waals surface area contributed by atoms with Gasteiger partial charge >= 0.3 is 0 Å². The summed E-state index contributed by atoms with van der Waals surface area (Å²) < 4.78 is 15.9. The number of methoxy groups -OCH3 is 1. The molecule has 0 atom stereocenters. The second-order valence-corrected chi connectivity index (χ2v) is 6.97. The molecule has 0 N–H and O–H groups in total. The molecule has 1 aliphatic heterocycles. The highest BCUT2D eigenvalue weighted by molar-refractivity contribution is 7.13. The topological polar surface area (TPSA) is 60.9 Å². The van der Waals surface area contributed by atoms with Crippen LogP contribution < -0.4 is 14.2 Å². The first-order chi connectivity index (χ1) is 13.1. The van der Waals surface area contributed by atoms with Crippen molar-refractivity contribution < 1.29 is 19.0 Å². The molecule has 27 heavy (non-hydrogen) atoms. The maximum atomic E-state index is 12.7. The number of hydrogen-bond donors (Lipinski definition) is 0. The summed E-state index contributed by atoms with van der Waals surface area (Å²) in [5, 5.41) is 2.59. The van der Waals surface area contributed by atoms with Crippen LogP contribution >= 0.6 is 11.3 Å². The van der Waals surface area contributed by atoms with Crippen LogP contribution in [0.5, 0.6) is 17.2 Å². The Labute approximate surface area is 160 Å². The van der Waals surface area contributed by atoms with E-state index in [9.17, 15) is 4.79 Å². The molecule has 1 aliphatic rings. The van der Waals surface area contributed by atoms with E-state index in [-0.39, 0.29) is 12.7 Å². The van der Waals surface area contributed by atoms with E-state index >= 15 is 0 Å². The van der Waals surface area contributed by atoms with Crippen LogP contribution in [0.15, 0.2) is 47.8 Å². The van der Waals surface area contributed by atoms with Crippen LogP contribution in [-0.4, -0.2) is 36.7 Å². The average molecular weight is 382 g/mol. The van der Waals surface area contributed by atoms with Crippen molar-refractivity contribution in [3.63, 3.8) is 0 Å². The van der Waals surface area contributed by atoms with Gasteiger partial charge in [0.15, 0.2) is 11.5 Å². The number of ether oxygens (including phenoxy) is 3. The van der Waals surface area contributed by atoms with Gasteiger partial charge in [0.2, 0.25) is 6.79 Å². The second-order valence-electron chi connectivity index (χ2n) is 6.12. The molecule has 0 fully saturated rings. The van der Waals surface area contributed by atoms with Gasteiger partial charge < -0.3 is 19.1 Å². The van der Waals surface area contributed by atoms with Gasteiger partial charge in [0.25, 0.3) is 5.91 Å². The molecule has 0 saturated carbocycles. The Morgan fingerprint density at radius 3 is 2.74 bits per heavy atom. The fraction of sp³-hybridized carbons (Fsp3) is 0.200. The number of benzene rings is 2. The van der Waals surface area contributed by atoms with Crippen LogP contribution in [0.25, 0.3) is 10.6 Å². The molecule has 0 saturated heterocycles. The van der Waals surface area contributed by atoms with Crippen LogP contribution in [0.4, 0.5) is 0 Å². The number of amides is 1. The standard InChI is InChI=1S/C20H18N2O4S/c1-22(10-13-3-8-17-18(9-13)26-12-25-17)20(23)16-11-27-19(21-16)14-4-6-15(24-2)7-5-14/h3-9,11H,10,12H2,1-2H3. The van der Waals surface area contributed by atoms with Crippen molar-refractivity contribution in [3.8, 4) is 27.8 Å². The first-order valence-corrected chi connectivity index (χ1v) is 9.26. The molecule has 0 unspecified atom stereocenters. The highest BCUT2D eigenvalue weighted by atomic mass is 32.1. The molecule has 3 aromatic rings. The molecule has 4 rings (SSSR count). The van der Waals surface area contributed by atoms with E-state index < -0.39 is 0 Å². The van der Waals surface area contributed by atoms with E-state index in [1.54, 1.807) is 24.4 Å². The summed E-state index contributed by atoms with van der Waals surface area (Å²) in [4.78, 5) is 18.9. The van der Waals surface area contributed by atoms with Crippen LogP contribution in [0.1, 0.15) is 16.1 Å². The molecular formula is C20H18N2O4S. The quantitative estimate of drug-likeness (QED) is 0.671. The fourth-order valence-corrected chi connectivity index (χ4v) is 3.62. The average Bonchev–Trinajstić information content (AvgIpc) is 3.36. The molecule has 1 aromatic heterocycles. The Hall–Kier alpha value is -3.06. The molecule has 2 aromatic carbocycles. The molecule has 6 nitrogen and oxygen atoms in total. The summed E-state index contributed by atoms with van der Waals surface area (Å²) in [7, 11) is 3.39. The molecule has 0 radical (unpaired) electrons. The number of rotatable bonds is 5. The van der Waals surface area contributed by atoms with Crippen molar-refractivity contribution in [3.05, 3.63) is 59.1 Å². The minimum absolute atomic E-state index is 0.122. The maximum absolute atomic E-state index is 12.7. The lowest BCUT2D eigenvalue weighted by atomic mass is 10.2. The molecule has 0 spiro atoms. The lowest BCUT2D eigenvalue weighted by Crippen LogP contribution is -2.26. The lowest BCUT2D eigenvalue weighted by Gasteiger charge is -2.16. The van der Waals surface area contributed by atoms with Crippen molar-refractivity contribution in [2.45, 2.75) is 6.54 Å². The first-order valence-electron chi connectivity index (χ1n) is 8.38. The smallest absolute Gasteiger partial charge is 0.273 e. The highest BCUT2D eigenvalue weighted by Gasteiger charge is 2.18. The Kier molecular flexibility index (Phi) is 4.68. The van der Waals surface area contributed by atoms with Gasteiger partial charge in [-0.1, -0.05) is 6.07 Å². The second kappa shape index (κ2) is 7.28. The zero-order valence-electron chi connectivity index (χ0n) is 15.0. The van der Waals surface area contributed by atoms with Crippen molar-refractivity contribution >= 4 is 17.2 Å². The Bertz CT molecular complexity index is 968. The van der Waals surface area contributed by atoms with Gasteiger partial charge in [-0.25, -0.2) is 4.98 Å². The lowest BCUT2D eigenvalue weighted by molar-refractivity contribution is 0.0780. The van der Waals surface area contributed by atoms with Gasteiger partial charge in [0.1, 0.15) is 16.5 Å². The molecule has 2 heterocycles. The molecule has 0 aliphatic carbocycles. The Balaban J connectivity index is 1.46. The normalized spacial score (nSPS) is 12.1. The van der Waals surface area contributed by atoms with Gasteiger partial charge in [-0.2, -0.15) is 0 Å². The molecule has 138 valence electrons. The summed E-state index contributed by atoms with van der Waals surface area (Å²) in [6.07, 6.45) is 0. The van der Waals surface area contributed by atoms with Gasteiger partial charge in [0, 0.05) is 24.5 Å². The van der Waals surface area contributed by atoms with Crippen molar-refractivity contribution in [1.82, 2.24) is 9.88 Å². The molecule has 0 bridgehead atoms. The largest absolute Gasteiger partial charge is 0.497 e. The van der Waals surface area contributed by atoms with E-state index in [1.807, 2.05) is 42.5 Å². The summed E-state index contributed by atoms with van der Waals surface area (Å²) in [5.41, 5.74) is 2.37. The minimum atomic E-state index is -0.122. The fourth-order valence-electron chi connectivity index (χ4n) is 2.82. The third-order valence-electron chi connectivity index (χ3n) is 4.26. The van der Waals surface area contributed by atoms with Crippen molar-refractivity contribution in [2.24, 2.45) is 0 Å². The number of nitrogens with zero attached hydrogens (tertiary/aromatic N) is 2. The zero-order chi connectivity index (χ0) is 18.8. The van der Waals surface area contributed by atoms with Gasteiger partial charge in [-0.05, 0) is 42.0 Å². The monoisotopic (exact) mass is 382 g/mol. The van der Waals surface area contributed by atoms with Crippen LogP contribution in [0.3, 0.4) is 0 Å². The number of fused-ring (bicyclic) bond motifs is 1. The number of hydrogen-bond acceptors (Lipinski definition) is 6. The minimum Gasteiger partial charge on any atom is -0.497 e. The number of carbonyl (C=O) groups is 1. The van der Waals surface area contributed by atoms with Crippen LogP contribution in [0, 0.1) is 0 Å². The van der Waals surface area contributed by atoms with E-state index in [4.69, 9.17) is 14.2 Å². The van der Waals surface area contributed by atoms with Gasteiger partial charge in [0.05, 0.1) is 7.11 Å². The number of aromatic nitrogens is 1. The SMILES string of the molecule is COc1ccc(-c2nc(C(=O)N(C)Cc3ccc4c(c3)OCO4)cs2)cc1. The predicted molar refractivity (Wildman–Crippen MR) is 102 cm³/mol. The van der Waals surface area contributed by atoms with Crippen LogP contribution in [-0.2, 0) is 6.54 Å². The van der Waals surface area contributed by atoms with E-state index in [1.165, 1.54) is 11.3 Å². The molecular weight excluding hydrogens is 364 g/mol. The Morgan fingerprint density at radius 1 is 1.19 bits per heavy atom. The summed E-state index contributed by atoms with van der Waals surface area (Å²) in [5.74, 6) is 2.11. The molecule has 1 amide bonds. The first kappa shape index (κ1) is 17.4. The number of thiazole rings is 1. The van der Waals surface area contributed by atoms with E-state index in [0.29, 0.717) is 18.0 Å². The highest BCUT2D eigenvalue weighted by Crippen LogP contribution is 2.33. The van der Waals surface area contributed by atoms with Gasteiger partial charge in [-0.3, -0.25) is 4.79 Å². The Morgan fingerprint density at radius 2 is 1.96 bits per heavy atom. The van der Waals surface area contributed by atoms with Crippen molar-refractivity contribution in [1.29, 1.82) is 0 Å². The summed E-state index contributed by atoms with van der Waals surface area (Å²) in [6.45, 7) is 0.700. The summed E-state index contributed by atoms with van der Waals surface area (Å²) >= 11 is 1.45.